The molecule has 3 rings (SSSR count). The molecule has 2 aromatic carbocycles. The molecule has 0 nitrogen and oxygen atoms in total. The zero-order valence-electron chi connectivity index (χ0n) is 13.0. The van der Waals surface area contributed by atoms with E-state index in [-0.39, 0.29) is 5.82 Å². The number of benzene rings is 2. The van der Waals surface area contributed by atoms with Crippen LogP contribution < -0.4 is 0 Å². The fourth-order valence-electron chi connectivity index (χ4n) is 2.54. The lowest BCUT2D eigenvalue weighted by molar-refractivity contribution is 0.627. The Balaban J connectivity index is 1.63. The lowest BCUT2D eigenvalue weighted by Crippen LogP contribution is -1.95. The molecule has 0 aromatic heterocycles. The Morgan fingerprint density at radius 3 is 2.09 bits per heavy atom. The van der Waals surface area contributed by atoms with Gasteiger partial charge in [-0.3, -0.25) is 0 Å². The number of rotatable bonds is 5. The first-order chi connectivity index (χ1) is 11.1. The summed E-state index contributed by atoms with van der Waals surface area (Å²) < 4.78 is 13.0. The lowest BCUT2D eigenvalue weighted by atomic mass is 9.97. The summed E-state index contributed by atoms with van der Waals surface area (Å²) in [6.07, 6.45) is 1.70. The standard InChI is InChI=1S/C20H19FS2/c1-14(16-5-8-18(21)9-6-16)3-4-15(2)17-7-10-19-20(13-17)23-12-11-22-19/h5-10,13H,1-4,11-12H2. The second-order valence-corrected chi connectivity index (χ2v) is 7.85. The van der Waals surface area contributed by atoms with Crippen molar-refractivity contribution in [2.24, 2.45) is 0 Å². The molecule has 0 bridgehead atoms. The van der Waals surface area contributed by atoms with Crippen LogP contribution in [0, 0.1) is 5.82 Å². The number of allylic oxidation sites excluding steroid dienone is 2. The van der Waals surface area contributed by atoms with Gasteiger partial charge in [-0.25, -0.2) is 4.39 Å². The average Bonchev–Trinajstić information content (AvgIpc) is 2.59. The fourth-order valence-corrected chi connectivity index (χ4v) is 4.79. The average molecular weight is 343 g/mol. The Morgan fingerprint density at radius 2 is 1.39 bits per heavy atom. The summed E-state index contributed by atoms with van der Waals surface area (Å²) in [4.78, 5) is 2.76. The quantitative estimate of drug-likeness (QED) is 0.606. The molecule has 0 fully saturated rings. The van der Waals surface area contributed by atoms with Crippen molar-refractivity contribution < 1.29 is 4.39 Å². The van der Waals surface area contributed by atoms with Crippen LogP contribution in [0.4, 0.5) is 4.39 Å². The normalized spacial score (nSPS) is 13.4. The molecule has 0 saturated heterocycles. The Hall–Kier alpha value is -1.45. The number of hydrogen-bond donors (Lipinski definition) is 0. The van der Waals surface area contributed by atoms with E-state index in [0.717, 1.165) is 29.6 Å². The Morgan fingerprint density at radius 1 is 0.826 bits per heavy atom. The van der Waals surface area contributed by atoms with Crippen LogP contribution in [0.5, 0.6) is 0 Å². The molecule has 3 heteroatoms. The third-order valence-electron chi connectivity index (χ3n) is 3.93. The van der Waals surface area contributed by atoms with Crippen LogP contribution in [0.1, 0.15) is 24.0 Å². The minimum Gasteiger partial charge on any atom is -0.207 e. The molecule has 23 heavy (non-hydrogen) atoms. The summed E-state index contributed by atoms with van der Waals surface area (Å²) in [6, 6.07) is 13.2. The molecule has 118 valence electrons. The van der Waals surface area contributed by atoms with Gasteiger partial charge in [0.25, 0.3) is 0 Å². The van der Waals surface area contributed by atoms with Gasteiger partial charge in [0, 0.05) is 21.3 Å². The van der Waals surface area contributed by atoms with Gasteiger partial charge >= 0.3 is 0 Å². The first-order valence-corrected chi connectivity index (χ1v) is 9.62. The Kier molecular flexibility index (Phi) is 5.29. The van der Waals surface area contributed by atoms with Gasteiger partial charge in [-0.2, -0.15) is 0 Å². The summed E-state index contributed by atoms with van der Waals surface area (Å²) in [7, 11) is 0. The molecular formula is C20H19FS2. The van der Waals surface area contributed by atoms with Crippen molar-refractivity contribution in [3.05, 3.63) is 72.6 Å². The zero-order chi connectivity index (χ0) is 16.2. The highest BCUT2D eigenvalue weighted by molar-refractivity contribution is 8.05. The van der Waals surface area contributed by atoms with Gasteiger partial charge in [-0.1, -0.05) is 31.4 Å². The summed E-state index contributed by atoms with van der Waals surface area (Å²) in [5.74, 6) is 2.15. The second-order valence-electron chi connectivity index (χ2n) is 5.57. The van der Waals surface area contributed by atoms with E-state index < -0.39 is 0 Å². The highest BCUT2D eigenvalue weighted by Crippen LogP contribution is 2.38. The van der Waals surface area contributed by atoms with Crippen LogP contribution >= 0.6 is 23.5 Å². The molecule has 0 spiro atoms. The Labute approximate surface area is 145 Å². The third kappa shape index (κ3) is 4.10. The molecular weight excluding hydrogens is 323 g/mol. The van der Waals surface area contributed by atoms with Crippen molar-refractivity contribution in [3.63, 3.8) is 0 Å². The molecule has 0 N–H and O–H groups in total. The van der Waals surface area contributed by atoms with Crippen LogP contribution in [-0.2, 0) is 0 Å². The number of thioether (sulfide) groups is 2. The van der Waals surface area contributed by atoms with Crippen molar-refractivity contribution in [2.45, 2.75) is 22.6 Å². The van der Waals surface area contributed by atoms with Gasteiger partial charge in [0.1, 0.15) is 5.82 Å². The van der Waals surface area contributed by atoms with Crippen molar-refractivity contribution in [2.75, 3.05) is 11.5 Å². The first-order valence-electron chi connectivity index (χ1n) is 7.65. The molecule has 0 saturated carbocycles. The molecule has 0 amide bonds. The number of fused-ring (bicyclic) bond motifs is 1. The Bertz CT molecular complexity index is 732. The minimum atomic E-state index is -0.213. The highest BCUT2D eigenvalue weighted by atomic mass is 32.2. The van der Waals surface area contributed by atoms with E-state index in [4.69, 9.17) is 0 Å². The molecule has 0 unspecified atom stereocenters. The first kappa shape index (κ1) is 16.4. The predicted molar refractivity (Wildman–Crippen MR) is 102 cm³/mol. The highest BCUT2D eigenvalue weighted by Gasteiger charge is 2.12. The molecule has 2 aromatic rings. The van der Waals surface area contributed by atoms with E-state index in [0.29, 0.717) is 0 Å². The molecule has 1 aliphatic rings. The maximum atomic E-state index is 13.0. The van der Waals surface area contributed by atoms with Gasteiger partial charge < -0.3 is 0 Å². The predicted octanol–water partition coefficient (Wildman–Crippen LogP) is 6.53. The smallest absolute Gasteiger partial charge is 0.123 e. The molecule has 1 heterocycles. The summed E-state index contributed by atoms with van der Waals surface area (Å²) in [5.41, 5.74) is 4.36. The summed E-state index contributed by atoms with van der Waals surface area (Å²) >= 11 is 3.86. The van der Waals surface area contributed by atoms with Crippen molar-refractivity contribution in [1.29, 1.82) is 0 Å². The van der Waals surface area contributed by atoms with E-state index >= 15 is 0 Å². The molecule has 0 radical (unpaired) electrons. The van der Waals surface area contributed by atoms with Gasteiger partial charge in [0.15, 0.2) is 0 Å². The van der Waals surface area contributed by atoms with Gasteiger partial charge in [0.05, 0.1) is 0 Å². The van der Waals surface area contributed by atoms with Crippen LogP contribution in [0.2, 0.25) is 0 Å². The summed E-state index contributed by atoms with van der Waals surface area (Å²) in [5, 5.41) is 0. The van der Waals surface area contributed by atoms with Crippen LogP contribution in [0.25, 0.3) is 11.1 Å². The van der Waals surface area contributed by atoms with Crippen LogP contribution in [0.3, 0.4) is 0 Å². The van der Waals surface area contributed by atoms with Crippen molar-refractivity contribution in [1.82, 2.24) is 0 Å². The number of hydrogen-bond acceptors (Lipinski definition) is 2. The third-order valence-corrected chi connectivity index (χ3v) is 6.45. The molecule has 0 atom stereocenters. The minimum absolute atomic E-state index is 0.213. The maximum absolute atomic E-state index is 13.0. The van der Waals surface area contributed by atoms with Crippen molar-refractivity contribution in [3.8, 4) is 0 Å². The van der Waals surface area contributed by atoms with E-state index in [2.05, 4.69) is 31.4 Å². The lowest BCUT2D eigenvalue weighted by Gasteiger charge is -2.16. The molecule has 0 aliphatic carbocycles. The zero-order valence-corrected chi connectivity index (χ0v) is 14.6. The van der Waals surface area contributed by atoms with E-state index in [1.807, 2.05) is 23.5 Å². The topological polar surface area (TPSA) is 0 Å². The van der Waals surface area contributed by atoms with Gasteiger partial charge in [-0.05, 0) is 59.4 Å². The van der Waals surface area contributed by atoms with E-state index in [9.17, 15) is 4.39 Å². The van der Waals surface area contributed by atoms with Crippen molar-refractivity contribution >= 4 is 34.7 Å². The SMILES string of the molecule is C=C(CCC(=C)c1ccc2c(c1)SCCS2)c1ccc(F)cc1. The van der Waals surface area contributed by atoms with Crippen LogP contribution in [-0.4, -0.2) is 11.5 Å². The van der Waals surface area contributed by atoms with Crippen LogP contribution in [0.15, 0.2) is 65.4 Å². The van der Waals surface area contributed by atoms with E-state index in [1.54, 1.807) is 12.1 Å². The molecule has 1 aliphatic heterocycles. The van der Waals surface area contributed by atoms with E-state index in [1.165, 1.54) is 39.0 Å². The largest absolute Gasteiger partial charge is 0.207 e. The van der Waals surface area contributed by atoms with Gasteiger partial charge in [0.2, 0.25) is 0 Å². The monoisotopic (exact) mass is 342 g/mol. The second kappa shape index (κ2) is 7.41. The maximum Gasteiger partial charge on any atom is 0.123 e. The fraction of sp³-hybridized carbons (Fsp3) is 0.200. The number of halogens is 1. The summed E-state index contributed by atoms with van der Waals surface area (Å²) in [6.45, 7) is 8.36. The van der Waals surface area contributed by atoms with Gasteiger partial charge in [-0.15, -0.1) is 23.5 Å².